The third kappa shape index (κ3) is 43.0. The summed E-state index contributed by atoms with van der Waals surface area (Å²) in [6.07, 6.45) is 0.949. The Bertz CT molecular complexity index is 4980. The maximum Gasteiger partial charge on any atom is 1.00 e. The summed E-state index contributed by atoms with van der Waals surface area (Å²) in [4.78, 5) is 31.6. The molecular weight excluding hydrogens is 1800 g/mol. The van der Waals surface area contributed by atoms with Gasteiger partial charge in [0.25, 0.3) is 6.47 Å². The van der Waals surface area contributed by atoms with Gasteiger partial charge >= 0.3 is 134 Å². The summed E-state index contributed by atoms with van der Waals surface area (Å²) in [5.41, 5.74) is 9.00. The number of alkyl halides is 9. The van der Waals surface area contributed by atoms with Crippen LogP contribution in [0.4, 0.5) is 39.5 Å². The van der Waals surface area contributed by atoms with Crippen LogP contribution in [0, 0.1) is 4.77 Å². The average Bonchev–Trinajstić information content (AvgIpc) is 1.74. The summed E-state index contributed by atoms with van der Waals surface area (Å²) in [5.74, 6) is 13.1. The third-order valence-corrected chi connectivity index (χ3v) is 17.6. The van der Waals surface area contributed by atoms with Gasteiger partial charge in [-0.05, 0) is 149 Å². The quantitative estimate of drug-likeness (QED) is 0.00295. The number of hydrogen-bond acceptors (Lipinski definition) is 21. The van der Waals surface area contributed by atoms with Crippen molar-refractivity contribution in [2.45, 2.75) is 170 Å². The number of nitrogens with zero attached hydrogens (tertiary/aromatic N) is 11. The Morgan fingerprint density at radius 2 is 0.860 bits per heavy atom. The number of rotatable bonds is 25. The first-order valence-corrected chi connectivity index (χ1v) is 39.1. The maximum atomic E-state index is 12.7. The first kappa shape index (κ1) is 37.6. The Morgan fingerprint density at radius 3 is 1.17 bits per heavy atom. The molecule has 121 heavy (non-hydrogen) atoms. The smallest absolute Gasteiger partial charge is 1.00 e. The van der Waals surface area contributed by atoms with Crippen LogP contribution in [-0.2, 0) is 101 Å². The zero-order chi connectivity index (χ0) is 255. The number of hydrazine groups is 2. The number of aliphatic hydroxyl groups excluding tert-OH is 1. The Hall–Kier alpha value is -6.92. The van der Waals surface area contributed by atoms with Crippen LogP contribution in [0.25, 0.3) is 22.3 Å². The number of amides is 1. The molecule has 0 aliphatic rings. The molecule has 11 rings (SSSR count). The average molecular weight is 2240 g/mol. The van der Waals surface area contributed by atoms with E-state index >= 15 is 0 Å². The number of aliphatic hydroxyl groups is 1. The van der Waals surface area contributed by atoms with Crippen LogP contribution in [0.5, 0.6) is 0 Å². The van der Waals surface area contributed by atoms with Crippen LogP contribution in [0.15, 0.2) is 191 Å². The predicted molar refractivity (Wildman–Crippen MR) is 622 cm³/mol. The summed E-state index contributed by atoms with van der Waals surface area (Å²) in [7, 11) is -0.333. The van der Waals surface area contributed by atoms with Gasteiger partial charge in [-0.2, -0.15) is 44.6 Å². The molecule has 0 aliphatic heterocycles. The Morgan fingerprint density at radius 1 is 0.537 bits per heavy atom. The summed E-state index contributed by atoms with van der Waals surface area (Å²) in [5, 5.41) is 73.6. The molecule has 0 aliphatic carbocycles. The van der Waals surface area contributed by atoms with Crippen LogP contribution in [0.2, 0.25) is 0 Å². The van der Waals surface area contributed by atoms with Gasteiger partial charge in [0.15, 0.2) is 10.6 Å². The molecule has 0 spiro atoms. The molecule has 0 saturated heterocycles. The van der Waals surface area contributed by atoms with Gasteiger partial charge in [-0.25, -0.2) is 11.7 Å². The molecule has 11 aromatic rings. The fourth-order valence-electron chi connectivity index (χ4n) is 10.4. The van der Waals surface area contributed by atoms with Crippen molar-refractivity contribution in [2.24, 2.45) is 11.7 Å². The molecule has 0 bridgehead atoms. The molecule has 0 atom stereocenters. The van der Waals surface area contributed by atoms with Crippen LogP contribution >= 0.6 is 44.1 Å². The first-order valence-electron chi connectivity index (χ1n) is 120. The van der Waals surface area contributed by atoms with Crippen LogP contribution in [0.3, 0.4) is 0 Å². The third-order valence-electron chi connectivity index (χ3n) is 16.3. The molecule has 0 saturated carbocycles. The second-order valence-corrected chi connectivity index (χ2v) is 27.5. The van der Waals surface area contributed by atoms with Crippen molar-refractivity contribution in [2.75, 3.05) is 7.11 Å². The second-order valence-electron chi connectivity index (χ2n) is 25.3. The fraction of sp³-hybridized carbons (Fsp3) is 0.338. The number of ether oxygens (including phenoxy) is 1. The van der Waals surface area contributed by atoms with Crippen LogP contribution in [-0.4, -0.2) is 112 Å². The van der Waals surface area contributed by atoms with Gasteiger partial charge in [0.1, 0.15) is 42.6 Å². The van der Waals surface area contributed by atoms with Crippen molar-refractivity contribution < 1.29 is 444 Å². The van der Waals surface area contributed by atoms with Gasteiger partial charge in [-0.1, -0.05) is 195 Å². The zero-order valence-electron chi connectivity index (χ0n) is 235. The second kappa shape index (κ2) is 61.4. The molecular formula is C80H270BBr2F9K2N16O10S. The Balaban J connectivity index is -0.0000000176. The molecule has 1 amide bonds. The molecule has 0 fully saturated rings. The van der Waals surface area contributed by atoms with E-state index in [0.29, 0.717) is 36.5 Å². The first-order chi connectivity index (χ1) is 140. The molecule has 4 aromatic heterocycles. The minimum Gasteiger partial charge on any atom is -1.00 e. The normalized spacial score (nSPS) is 15.9. The molecule has 818 valence electrons. The SMILES string of the molecule is CCCC(=O)NN.CCCC(=O)OC.CCCc1n[nH]c(=S)n1Cc1ccc(Br)cc1.CCCc1nnc(CO)n1Cc1ccc(-c2ccc(C(F)(F)F)cc2)cc1.CCCc1nncn1Cc1ccc(-c2ccc(C(F)(F)F)cc2)cc1.CCCc1nncn1Cc1ccc(Br)cc1.NNO.O=CO[O-].OB(O)c1ccc(C(F)(F)F)cc1.[2HH].[2HH].[2HH].[2H][2H].[2H][2H].[2H][2H].[2H][2H].[2H][2H].[2H][2H].[2H][2H].[2H][2H].[2H][2H].[2H][2H].[2H][2H].[2H][2H].[2H][2H].[2H][2H].[2H][2H].[2H][2H].[2H][2H].[2H][2H].[2H][2H].[2H][2H].[2H][2H].[2H][2H].[2H][2H].[2H][2H].[2H][2H].[2H][2H].[2H][2H].[2H][2H].[2H][2H].[2H][2H].[2H][2H].[2H][2H].[2H][2H].[2H][2H].[2H][2H].[2H][2H].[2H][2H].[2H][2H].[2H][2H].[2H][2H].[2H][2H].[2H][2H].[2H][2H].[2H][2H].[2H][2H].[2H][2H].[2H][2H].[2H][2H].[2H][2H].[2H][2H].[2H][2H].[2H][2H].[2H][2H].[2H][2H].[2H][2H].[2H][2H].[2H][2H].[2H][2H].[2H][2H].[2H][2H].[2H][2H].[2H][2H].[2H][2H].[2H][2H].[2H][2H].[2H][2H].[2H][2H].[2H][2H].[2H][2H].[2H][2H].[2H][2H].[2H][2H].[2H][2H].[2H][2H].[2H][2H].[2H][2H].[2H][2H].[2H][2H].[2H][2H].[2H][2H].[2H][2H].[2H][2H].[2H][2H].[H-].[K+].[K+]. The van der Waals surface area contributed by atoms with E-state index in [-0.39, 0.29) is 139 Å². The van der Waals surface area contributed by atoms with Crippen molar-refractivity contribution in [3.63, 3.8) is 0 Å². The van der Waals surface area contributed by atoms with Crippen LogP contribution < -0.4 is 136 Å². The number of carbonyl (C=O) groups is 3. The van der Waals surface area contributed by atoms with Crippen molar-refractivity contribution in [1.82, 2.24) is 70.1 Å². The van der Waals surface area contributed by atoms with Crippen LogP contribution in [0.1, 0.15) is 413 Å². The van der Waals surface area contributed by atoms with E-state index in [1.54, 1.807) is 12.7 Å². The summed E-state index contributed by atoms with van der Waals surface area (Å²) >= 11 is 12.1. The number of H-pyrrole nitrogens is 1. The standard InChI is InChI=1S/C20H20F3N3O.C19H18F3N3.C12H14BrN3S.C12H14BrN3.C7H6BF3O2.C5H10O2.C4H10N2O.CH2O3.2K.H4N2O.86H2.H/c1-2-3-18-24-25-19(13-27)26(18)12-14-4-6-15(7-5-14)16-8-10-17(11-9-16)20(21,22)23;1-2-3-18-24-23-13-25(18)12-14-4-6-15(7-5-14)16-8-10-17(11-9-16)19(20,21)22;1-2-3-11-14-15-12(17)16(11)8-9-4-6-10(13)7-5-9;1-2-3-12-15-14-9-16(12)8-10-4-6-11(13)7-5-10;9-7(10,11)5-1-3-6(4-2-5)8(12)13;1-3-4-5(6)7-2;1-2-3-4(7)6-5;2-1-4-3;;;1-2-3;;;;;;;;;;;;;;;;;;;;;;;;;;;;;;;;;;;;;;;;;;;;;;;;;;;;;;;;;;;;;;;;;;;;;;;;;;;;;;;;;;;;;;;/h4-11,27H,2-3,12-13H2,1H3;4-11,13H,2-3,12H2,1H3;4-7H,2-3,8H2,1H3,(H,15,17);4-7,9H,2-3,8H2,1H3;1-4,12-13H;3-4H2,1-2H3;2-3,5H2,1H3,(H,6,7);1,3H;;;2-3H,1H2;86*1H;/q;;;;;;;;2*+1;;;;;;;;;;;;;;;;;;;;;;;;;;;;;;;;;;;;;;;;;;;;;;;;;;;;;;;;;;;;;;;;;;;;;;;;;;;;;;;;;;;;;;;;-1/p-1/i;;;;;;;;;;;83*1+1D;3*1+1;. The van der Waals surface area contributed by atoms with E-state index in [1.165, 1.54) is 48.1 Å². The van der Waals surface area contributed by atoms with Gasteiger partial charge in [0.2, 0.25) is 5.91 Å². The van der Waals surface area contributed by atoms with Gasteiger partial charge in [-0.3, -0.25) is 29.5 Å². The van der Waals surface area contributed by atoms with E-state index < -0.39 is 42.3 Å². The number of nitrogens with one attached hydrogen (secondary N) is 3. The van der Waals surface area contributed by atoms with Crippen molar-refractivity contribution in [1.29, 1.82) is 0 Å². The molecule has 41 heteroatoms. The number of methoxy groups -OCH3 is 1. The van der Waals surface area contributed by atoms with Gasteiger partial charge < -0.3 is 50.4 Å². The minimum atomic E-state index is -4.39. The topological polar surface area (TPSA) is 375 Å². The number of carbonyl (C=O) groups excluding carboxylic acids is 3. The Kier molecular flexibility index (Phi) is 19.1. The number of hydrogen-bond donors (Lipinski definition) is 9. The molecule has 4 heterocycles. The summed E-state index contributed by atoms with van der Waals surface area (Å²) in [6, 6.07) is 46.0. The monoisotopic (exact) mass is 2240 g/mol. The molecule has 0 radical (unpaired) electrons. The number of benzene rings is 7. The zero-order valence-corrected chi connectivity index (χ0v) is 78.6. The Labute approximate surface area is 1060 Å². The fourth-order valence-corrected chi connectivity index (χ4v) is 11.1. The number of aryl methyl sites for hydroxylation is 4. The number of aromatic amines is 1. The number of nitrogens with two attached hydrogens (primary N) is 2. The number of aromatic nitrogens is 12. The largest absolute Gasteiger partial charge is 1.00 e. The summed E-state index contributed by atoms with van der Waals surface area (Å²) < 4.78 is 957. The maximum absolute atomic E-state index is 12.7. The number of esters is 1. The molecule has 11 N–H and O–H groups in total. The van der Waals surface area contributed by atoms with Gasteiger partial charge in [0.05, 0.1) is 50.0 Å². The van der Waals surface area contributed by atoms with E-state index in [9.17, 15) is 54.2 Å². The van der Waals surface area contributed by atoms with Gasteiger partial charge in [-0.15, -0.1) is 36.2 Å². The van der Waals surface area contributed by atoms with E-state index in [1.807, 2.05) is 89.1 Å². The summed E-state index contributed by atoms with van der Waals surface area (Å²) in [6.45, 7) is 14.8. The van der Waals surface area contributed by atoms with Gasteiger partial charge in [0, 0.05) is 298 Å². The minimum absolute atomic E-state index is 0. The number of halogens is 11. The van der Waals surface area contributed by atoms with E-state index in [2.05, 4.69) is 161 Å². The molecule has 26 nitrogen and oxygen atoms in total. The van der Waals surface area contributed by atoms with Crippen molar-refractivity contribution >= 4 is 75.0 Å². The molecule has 7 aromatic carbocycles. The van der Waals surface area contributed by atoms with Crippen molar-refractivity contribution in [3.8, 4) is 22.3 Å². The molecule has 0 unspecified atom stereocenters. The van der Waals surface area contributed by atoms with E-state index in [0.717, 1.165) is 191 Å². The van der Waals surface area contributed by atoms with E-state index in [4.69, 9.17) is 290 Å². The van der Waals surface area contributed by atoms with Crippen molar-refractivity contribution in [3.05, 3.63) is 264 Å². The predicted octanol–water partition coefficient (Wildman–Crippen LogP) is 29.8.